The SMILES string of the molecule is CC/C=C\C/C=C\C/C=C\C/C=C\C/C=C\C/C=C\C/C=C\C/C=C\C/C=C\C/C=C\CCCCCCCCCCC(=O)OC(COC(=O)CCCCCCCCCCCCC)COP(=O)(O)OCC[N+](C)(C)C. The molecule has 0 heterocycles. The van der Waals surface area contributed by atoms with Gasteiger partial charge < -0.3 is 18.9 Å². The van der Waals surface area contributed by atoms with Crippen molar-refractivity contribution in [1.82, 2.24) is 0 Å². The van der Waals surface area contributed by atoms with E-state index in [4.69, 9.17) is 18.5 Å². The van der Waals surface area contributed by atoms with Gasteiger partial charge in [0.2, 0.25) is 0 Å². The van der Waals surface area contributed by atoms with Gasteiger partial charge in [-0.25, -0.2) is 4.57 Å². The van der Waals surface area contributed by atoms with Gasteiger partial charge in [-0.2, -0.15) is 0 Å². The minimum atomic E-state index is -4.39. The standard InChI is InChI=1S/C64H108NO8P/c1-6-8-10-12-14-16-18-19-20-21-22-23-24-25-26-27-28-29-30-31-32-33-34-35-36-37-38-39-40-41-42-43-44-45-47-49-51-53-55-57-64(67)73-62(61-72-74(68,69)71-59-58-65(3,4)5)60-70-63(66)56-54-52-50-48-46-17-15-13-11-9-7-2/h8,10,14,16,19-20,22-23,25-26,28-29,31-32,34-35,37-38,40-41,62H,6-7,9,11-13,15,17-18,21,24,27,30,33,36,39,42-61H2,1-5H3/p+1/b10-8-,16-14-,20-19-,23-22-,26-25-,29-28-,32-31-,35-34-,38-37-,41-40-. The van der Waals surface area contributed by atoms with Gasteiger partial charge in [0.25, 0.3) is 0 Å². The third-order valence-corrected chi connectivity index (χ3v) is 13.0. The summed E-state index contributed by atoms with van der Waals surface area (Å²) < 4.78 is 34.4. The molecule has 74 heavy (non-hydrogen) atoms. The Labute approximate surface area is 454 Å². The lowest BCUT2D eigenvalue weighted by Crippen LogP contribution is -2.37. The molecule has 0 aliphatic carbocycles. The molecule has 1 N–H and O–H groups in total. The number of allylic oxidation sites excluding steroid dienone is 20. The number of likely N-dealkylation sites (N-methyl/N-ethyl adjacent to an activating group) is 1. The number of hydrogen-bond acceptors (Lipinski definition) is 7. The number of rotatable bonds is 52. The van der Waals surface area contributed by atoms with Gasteiger partial charge in [-0.05, 0) is 89.9 Å². The molecular formula is C64H109NO8P+. The van der Waals surface area contributed by atoms with Crippen LogP contribution >= 0.6 is 7.82 Å². The molecule has 0 fully saturated rings. The van der Waals surface area contributed by atoms with Crippen molar-refractivity contribution in [3.05, 3.63) is 122 Å². The number of unbranched alkanes of at least 4 members (excludes halogenated alkanes) is 18. The first-order valence-electron chi connectivity index (χ1n) is 29.3. The van der Waals surface area contributed by atoms with E-state index in [2.05, 4.69) is 135 Å². The van der Waals surface area contributed by atoms with Gasteiger partial charge in [-0.3, -0.25) is 18.6 Å². The summed E-state index contributed by atoms with van der Waals surface area (Å²) in [7, 11) is 1.46. The van der Waals surface area contributed by atoms with E-state index in [1.165, 1.54) is 77.0 Å². The Hall–Kier alpha value is -3.59. The highest BCUT2D eigenvalue weighted by Gasteiger charge is 2.27. The fraction of sp³-hybridized carbons (Fsp3) is 0.656. The fourth-order valence-electron chi connectivity index (χ4n) is 7.51. The molecule has 0 aromatic rings. The summed E-state index contributed by atoms with van der Waals surface area (Å²) in [5.41, 5.74) is 0. The molecule has 9 nitrogen and oxygen atoms in total. The molecule has 0 aliphatic rings. The molecule has 10 heteroatoms. The van der Waals surface area contributed by atoms with E-state index in [9.17, 15) is 19.0 Å². The highest BCUT2D eigenvalue weighted by molar-refractivity contribution is 7.47. The van der Waals surface area contributed by atoms with Crippen LogP contribution < -0.4 is 0 Å². The number of esters is 2. The Morgan fingerprint density at radius 3 is 1.15 bits per heavy atom. The molecule has 2 atom stereocenters. The van der Waals surface area contributed by atoms with Crippen LogP contribution in [-0.2, 0) is 32.7 Å². The van der Waals surface area contributed by atoms with Gasteiger partial charge in [0.1, 0.15) is 19.8 Å². The molecule has 0 rings (SSSR count). The lowest BCUT2D eigenvalue weighted by molar-refractivity contribution is -0.870. The molecule has 0 amide bonds. The summed E-state index contributed by atoms with van der Waals surface area (Å²) in [6, 6.07) is 0. The second-order valence-corrected chi connectivity index (χ2v) is 21.8. The van der Waals surface area contributed by atoms with E-state index in [1.807, 2.05) is 21.1 Å². The lowest BCUT2D eigenvalue weighted by Gasteiger charge is -2.24. The average Bonchev–Trinajstić information content (AvgIpc) is 3.36. The summed E-state index contributed by atoms with van der Waals surface area (Å²) in [5, 5.41) is 0. The second-order valence-electron chi connectivity index (χ2n) is 20.3. The Bertz CT molecular complexity index is 1660. The number of phosphoric acid groups is 1. The van der Waals surface area contributed by atoms with Gasteiger partial charge in [0.15, 0.2) is 6.10 Å². The maximum atomic E-state index is 12.8. The van der Waals surface area contributed by atoms with E-state index < -0.39 is 26.5 Å². The van der Waals surface area contributed by atoms with Crippen molar-refractivity contribution in [1.29, 1.82) is 0 Å². The molecule has 0 aromatic heterocycles. The highest BCUT2D eigenvalue weighted by atomic mass is 31.2. The van der Waals surface area contributed by atoms with Crippen LogP contribution in [0.4, 0.5) is 0 Å². The Balaban J connectivity index is 4.09. The highest BCUT2D eigenvalue weighted by Crippen LogP contribution is 2.43. The molecule has 422 valence electrons. The molecular weight excluding hydrogens is 942 g/mol. The van der Waals surface area contributed by atoms with Crippen molar-refractivity contribution in [3.8, 4) is 0 Å². The zero-order chi connectivity index (χ0) is 54.2. The molecule has 0 aliphatic heterocycles. The maximum Gasteiger partial charge on any atom is 0.472 e. The van der Waals surface area contributed by atoms with Crippen molar-refractivity contribution >= 4 is 19.8 Å². The van der Waals surface area contributed by atoms with Crippen LogP contribution in [0.2, 0.25) is 0 Å². The molecule has 0 saturated carbocycles. The number of carbonyl (C=O) groups is 2. The molecule has 0 bridgehead atoms. The minimum absolute atomic E-state index is 0.0256. The van der Waals surface area contributed by atoms with Crippen LogP contribution in [0.5, 0.6) is 0 Å². The second kappa shape index (κ2) is 54.2. The molecule has 0 spiro atoms. The third-order valence-electron chi connectivity index (χ3n) is 12.0. The average molecular weight is 1050 g/mol. The fourth-order valence-corrected chi connectivity index (χ4v) is 8.25. The summed E-state index contributed by atoms with van der Waals surface area (Å²) in [6.07, 6.45) is 77.1. The Kier molecular flexibility index (Phi) is 51.6. The maximum absolute atomic E-state index is 12.8. The summed E-state index contributed by atoms with van der Waals surface area (Å²) in [6.45, 7) is 4.28. The molecule has 2 unspecified atom stereocenters. The number of carbonyl (C=O) groups excluding carboxylic acids is 2. The van der Waals surface area contributed by atoms with Gasteiger partial charge in [0, 0.05) is 12.8 Å². The van der Waals surface area contributed by atoms with Gasteiger partial charge >= 0.3 is 19.8 Å². The minimum Gasteiger partial charge on any atom is -0.462 e. The van der Waals surface area contributed by atoms with Crippen LogP contribution in [-0.4, -0.2) is 74.9 Å². The predicted octanol–water partition coefficient (Wildman–Crippen LogP) is 18.4. The normalized spacial score (nSPS) is 14.2. The first-order chi connectivity index (χ1) is 36.0. The monoisotopic (exact) mass is 1050 g/mol. The van der Waals surface area contributed by atoms with Crippen LogP contribution in [0, 0.1) is 0 Å². The van der Waals surface area contributed by atoms with Crippen molar-refractivity contribution in [3.63, 3.8) is 0 Å². The number of phosphoric ester groups is 1. The van der Waals surface area contributed by atoms with Crippen LogP contribution in [0.25, 0.3) is 0 Å². The van der Waals surface area contributed by atoms with E-state index in [0.29, 0.717) is 17.4 Å². The van der Waals surface area contributed by atoms with Gasteiger partial charge in [0.05, 0.1) is 27.7 Å². The smallest absolute Gasteiger partial charge is 0.462 e. The van der Waals surface area contributed by atoms with E-state index in [1.54, 1.807) is 0 Å². The van der Waals surface area contributed by atoms with Crippen molar-refractivity contribution < 1.29 is 42.1 Å². The molecule has 0 saturated heterocycles. The number of hydrogen-bond donors (Lipinski definition) is 1. The largest absolute Gasteiger partial charge is 0.472 e. The van der Waals surface area contributed by atoms with E-state index in [-0.39, 0.29) is 32.0 Å². The predicted molar refractivity (Wildman–Crippen MR) is 316 cm³/mol. The summed E-state index contributed by atoms with van der Waals surface area (Å²) in [4.78, 5) is 35.5. The number of nitrogens with zero attached hydrogens (tertiary/aromatic N) is 1. The number of quaternary nitrogens is 1. The molecule has 0 aromatic carbocycles. The van der Waals surface area contributed by atoms with E-state index in [0.717, 1.165) is 109 Å². The van der Waals surface area contributed by atoms with Gasteiger partial charge in [-0.1, -0.05) is 238 Å². The topological polar surface area (TPSA) is 108 Å². The van der Waals surface area contributed by atoms with E-state index >= 15 is 0 Å². The first kappa shape index (κ1) is 70.4. The van der Waals surface area contributed by atoms with Crippen LogP contribution in [0.3, 0.4) is 0 Å². The van der Waals surface area contributed by atoms with Crippen molar-refractivity contribution in [2.45, 2.75) is 225 Å². The lowest BCUT2D eigenvalue weighted by atomic mass is 10.1. The van der Waals surface area contributed by atoms with Crippen LogP contribution in [0.15, 0.2) is 122 Å². The zero-order valence-corrected chi connectivity index (χ0v) is 48.7. The Morgan fingerprint density at radius 1 is 0.432 bits per heavy atom. The van der Waals surface area contributed by atoms with Crippen LogP contribution in [0.1, 0.15) is 219 Å². The Morgan fingerprint density at radius 2 is 0.770 bits per heavy atom. The zero-order valence-electron chi connectivity index (χ0n) is 47.8. The third kappa shape index (κ3) is 57.7. The number of ether oxygens (including phenoxy) is 2. The first-order valence-corrected chi connectivity index (χ1v) is 30.8. The summed E-state index contributed by atoms with van der Waals surface area (Å²) >= 11 is 0. The molecule has 0 radical (unpaired) electrons. The van der Waals surface area contributed by atoms with Crippen molar-refractivity contribution in [2.75, 3.05) is 47.5 Å². The quantitative estimate of drug-likeness (QED) is 0.0211. The summed E-state index contributed by atoms with van der Waals surface area (Å²) in [5.74, 6) is -0.813. The van der Waals surface area contributed by atoms with Crippen molar-refractivity contribution in [2.24, 2.45) is 0 Å². The van der Waals surface area contributed by atoms with Gasteiger partial charge in [-0.15, -0.1) is 0 Å².